The van der Waals surface area contributed by atoms with E-state index in [1.807, 2.05) is 0 Å². The highest BCUT2D eigenvalue weighted by Gasteiger charge is 2.12. The summed E-state index contributed by atoms with van der Waals surface area (Å²) in [7, 11) is 0. The lowest BCUT2D eigenvalue weighted by molar-refractivity contribution is 0.223. The van der Waals surface area contributed by atoms with Crippen LogP contribution >= 0.6 is 0 Å². The molecular weight excluding hydrogens is 248 g/mol. The van der Waals surface area contributed by atoms with Gasteiger partial charge >= 0.3 is 0 Å². The van der Waals surface area contributed by atoms with E-state index < -0.39 is 0 Å². The van der Waals surface area contributed by atoms with E-state index in [9.17, 15) is 0 Å². The highest BCUT2D eigenvalue weighted by molar-refractivity contribution is 5.24. The monoisotopic (exact) mass is 278 g/mol. The molecule has 0 aliphatic carbocycles. The van der Waals surface area contributed by atoms with Crippen molar-refractivity contribution in [2.24, 2.45) is 0 Å². The highest BCUT2D eigenvalue weighted by Crippen LogP contribution is 2.18. The van der Waals surface area contributed by atoms with E-state index in [0.29, 0.717) is 6.04 Å². The fraction of sp³-hybridized carbons (Fsp3) is 0.647. The van der Waals surface area contributed by atoms with Crippen LogP contribution in [-0.2, 0) is 0 Å². The van der Waals surface area contributed by atoms with Crippen molar-refractivity contribution in [3.8, 4) is 0 Å². The van der Waals surface area contributed by atoms with E-state index in [1.165, 1.54) is 11.1 Å². The molecule has 0 fully saturated rings. The molecule has 3 nitrogen and oxygen atoms in total. The Balaban J connectivity index is 2.55. The molecular formula is C17H30N2O. The van der Waals surface area contributed by atoms with Crippen LogP contribution in [0.4, 0.5) is 0 Å². The number of hydrogen-bond acceptors (Lipinski definition) is 3. The number of aliphatic hydroxyl groups is 1. The molecule has 0 aromatic heterocycles. The molecule has 3 heteroatoms. The first-order valence-corrected chi connectivity index (χ1v) is 7.84. The summed E-state index contributed by atoms with van der Waals surface area (Å²) < 4.78 is 0. The van der Waals surface area contributed by atoms with Crippen molar-refractivity contribution in [3.05, 3.63) is 35.4 Å². The highest BCUT2D eigenvalue weighted by atomic mass is 16.3. The molecule has 114 valence electrons. The van der Waals surface area contributed by atoms with E-state index in [0.717, 1.165) is 39.0 Å². The summed E-state index contributed by atoms with van der Waals surface area (Å²) in [5, 5.41) is 12.5. The van der Waals surface area contributed by atoms with E-state index in [-0.39, 0.29) is 6.61 Å². The Morgan fingerprint density at radius 3 is 2.40 bits per heavy atom. The van der Waals surface area contributed by atoms with Gasteiger partial charge in [-0.05, 0) is 45.0 Å². The van der Waals surface area contributed by atoms with Crippen LogP contribution in [-0.4, -0.2) is 42.8 Å². The lowest BCUT2D eigenvalue weighted by Crippen LogP contribution is -2.30. The fourth-order valence-electron chi connectivity index (χ4n) is 2.47. The van der Waals surface area contributed by atoms with Crippen molar-refractivity contribution in [2.45, 2.75) is 39.7 Å². The fourth-order valence-corrected chi connectivity index (χ4v) is 2.47. The minimum absolute atomic E-state index is 0.283. The van der Waals surface area contributed by atoms with Crippen LogP contribution < -0.4 is 5.32 Å². The van der Waals surface area contributed by atoms with Gasteiger partial charge in [0.25, 0.3) is 0 Å². The van der Waals surface area contributed by atoms with Gasteiger partial charge in [0.1, 0.15) is 0 Å². The first-order chi connectivity index (χ1) is 9.71. The minimum atomic E-state index is 0.283. The molecule has 20 heavy (non-hydrogen) atoms. The Bertz CT molecular complexity index is 351. The molecule has 0 aliphatic heterocycles. The van der Waals surface area contributed by atoms with Crippen molar-refractivity contribution < 1.29 is 5.11 Å². The maximum absolute atomic E-state index is 8.94. The van der Waals surface area contributed by atoms with Gasteiger partial charge in [0, 0.05) is 19.2 Å². The Morgan fingerprint density at radius 1 is 1.15 bits per heavy atom. The van der Waals surface area contributed by atoms with Crippen LogP contribution in [0.2, 0.25) is 0 Å². The second-order valence-electron chi connectivity index (χ2n) is 5.32. The van der Waals surface area contributed by atoms with Crippen LogP contribution in [0.1, 0.15) is 43.9 Å². The zero-order valence-electron chi connectivity index (χ0n) is 13.2. The first kappa shape index (κ1) is 17.2. The Morgan fingerprint density at radius 2 is 1.85 bits per heavy atom. The van der Waals surface area contributed by atoms with E-state index in [2.05, 4.69) is 55.3 Å². The van der Waals surface area contributed by atoms with Crippen LogP contribution in [0.15, 0.2) is 24.3 Å². The number of hydrogen-bond donors (Lipinski definition) is 2. The average Bonchev–Trinajstić information content (AvgIpc) is 2.47. The Hall–Kier alpha value is -0.900. The van der Waals surface area contributed by atoms with Crippen molar-refractivity contribution in [2.75, 3.05) is 32.8 Å². The number of rotatable bonds is 10. The molecule has 0 radical (unpaired) electrons. The van der Waals surface area contributed by atoms with E-state index in [4.69, 9.17) is 5.11 Å². The maximum atomic E-state index is 8.94. The summed E-state index contributed by atoms with van der Waals surface area (Å²) in [6.45, 7) is 10.8. The smallest absolute Gasteiger partial charge is 0.0443 e. The van der Waals surface area contributed by atoms with Crippen molar-refractivity contribution in [3.63, 3.8) is 0 Å². The predicted octanol–water partition coefficient (Wildman–Crippen LogP) is 2.74. The molecule has 1 aromatic carbocycles. The predicted molar refractivity (Wildman–Crippen MR) is 86.0 cm³/mol. The molecule has 2 N–H and O–H groups in total. The van der Waals surface area contributed by atoms with Crippen molar-refractivity contribution in [1.82, 2.24) is 10.2 Å². The second kappa shape index (κ2) is 9.92. The molecule has 0 saturated heterocycles. The first-order valence-electron chi connectivity index (χ1n) is 7.84. The summed E-state index contributed by atoms with van der Waals surface area (Å²) in [5.41, 5.74) is 2.68. The molecule has 0 spiro atoms. The third-order valence-electron chi connectivity index (χ3n) is 3.74. The lowest BCUT2D eigenvalue weighted by Gasteiger charge is -2.24. The van der Waals surface area contributed by atoms with Gasteiger partial charge in [-0.2, -0.15) is 0 Å². The number of aliphatic hydroxyl groups excluding tert-OH is 1. The van der Waals surface area contributed by atoms with Gasteiger partial charge in [-0.15, -0.1) is 0 Å². The third-order valence-corrected chi connectivity index (χ3v) is 3.74. The largest absolute Gasteiger partial charge is 0.396 e. The summed E-state index contributed by atoms with van der Waals surface area (Å²) in [6, 6.07) is 9.24. The van der Waals surface area contributed by atoms with Crippen LogP contribution in [0.25, 0.3) is 0 Å². The number of nitrogens with one attached hydrogen (secondary N) is 1. The molecule has 0 amide bonds. The van der Waals surface area contributed by atoms with Crippen LogP contribution in [0, 0.1) is 6.92 Å². The molecule has 0 saturated carbocycles. The number of nitrogens with zero attached hydrogens (tertiary/aromatic N) is 1. The summed E-state index contributed by atoms with van der Waals surface area (Å²) >= 11 is 0. The quantitative estimate of drug-likeness (QED) is 0.691. The van der Waals surface area contributed by atoms with Crippen LogP contribution in [0.5, 0.6) is 0 Å². The SMILES string of the molecule is CCNC(CCN(CC)CCCO)c1ccc(C)cc1. The molecule has 0 aliphatic rings. The van der Waals surface area contributed by atoms with Crippen molar-refractivity contribution >= 4 is 0 Å². The minimum Gasteiger partial charge on any atom is -0.396 e. The van der Waals surface area contributed by atoms with Gasteiger partial charge in [-0.25, -0.2) is 0 Å². The van der Waals surface area contributed by atoms with Gasteiger partial charge in [0.2, 0.25) is 0 Å². The molecule has 0 bridgehead atoms. The standard InChI is InChI=1S/C17H30N2O/c1-4-18-17(16-9-7-15(3)8-10-16)11-13-19(5-2)12-6-14-20/h7-10,17-18,20H,4-6,11-14H2,1-3H3. The Kier molecular flexibility index (Phi) is 8.51. The van der Waals surface area contributed by atoms with Crippen molar-refractivity contribution in [1.29, 1.82) is 0 Å². The average molecular weight is 278 g/mol. The molecule has 1 aromatic rings. The van der Waals surface area contributed by atoms with E-state index in [1.54, 1.807) is 0 Å². The lowest BCUT2D eigenvalue weighted by atomic mass is 10.0. The molecule has 1 rings (SSSR count). The zero-order valence-corrected chi connectivity index (χ0v) is 13.2. The number of benzene rings is 1. The topological polar surface area (TPSA) is 35.5 Å². The van der Waals surface area contributed by atoms with Gasteiger partial charge in [-0.1, -0.05) is 43.7 Å². The van der Waals surface area contributed by atoms with Gasteiger partial charge in [0.15, 0.2) is 0 Å². The normalized spacial score (nSPS) is 12.8. The summed E-state index contributed by atoms with van der Waals surface area (Å²) in [4.78, 5) is 2.41. The number of aryl methyl sites for hydroxylation is 1. The van der Waals surface area contributed by atoms with Gasteiger partial charge < -0.3 is 15.3 Å². The molecule has 1 unspecified atom stereocenters. The van der Waals surface area contributed by atoms with Crippen LogP contribution in [0.3, 0.4) is 0 Å². The van der Waals surface area contributed by atoms with Gasteiger partial charge in [0.05, 0.1) is 0 Å². The molecule has 0 heterocycles. The summed E-state index contributed by atoms with van der Waals surface area (Å²) in [6.07, 6.45) is 1.97. The second-order valence-corrected chi connectivity index (χ2v) is 5.32. The third kappa shape index (κ3) is 6.04. The summed E-state index contributed by atoms with van der Waals surface area (Å²) in [5.74, 6) is 0. The van der Waals surface area contributed by atoms with E-state index >= 15 is 0 Å². The maximum Gasteiger partial charge on any atom is 0.0443 e. The zero-order chi connectivity index (χ0) is 14.8. The molecule has 1 atom stereocenters. The van der Waals surface area contributed by atoms with Gasteiger partial charge in [-0.3, -0.25) is 0 Å². The Labute approximate surface area is 124 Å².